The van der Waals surface area contributed by atoms with E-state index in [1.54, 1.807) is 14.0 Å². The average molecular weight is 462 g/mol. The molecule has 0 aromatic carbocycles. The number of hydrogen-bond acceptors (Lipinski definition) is 4. The zero-order chi connectivity index (χ0) is 17.0. The number of sulfone groups is 1. The zero-order valence-electron chi connectivity index (χ0n) is 15.3. The number of hydrogen-bond donors (Lipinski definition) is 2. The fraction of sp³-hybridized carbons (Fsp3) is 0.933. The molecule has 0 aliphatic heterocycles. The molecule has 0 aliphatic rings. The van der Waals surface area contributed by atoms with Crippen molar-refractivity contribution in [2.75, 3.05) is 44.7 Å². The highest BCUT2D eigenvalue weighted by atomic mass is 127. The number of nitrogens with one attached hydrogen (secondary N) is 2. The molecule has 1 atom stereocenters. The van der Waals surface area contributed by atoms with Gasteiger partial charge in [0.05, 0.1) is 5.75 Å². The summed E-state index contributed by atoms with van der Waals surface area (Å²) in [6.45, 7) is 11.8. The Morgan fingerprint density at radius 1 is 1.22 bits per heavy atom. The molecule has 0 radical (unpaired) electrons. The molecule has 6 nitrogen and oxygen atoms in total. The highest BCUT2D eigenvalue weighted by molar-refractivity contribution is 14.0. The smallest absolute Gasteiger partial charge is 0.191 e. The molecule has 0 rings (SSSR count). The molecule has 0 amide bonds. The van der Waals surface area contributed by atoms with Crippen molar-refractivity contribution in [3.63, 3.8) is 0 Å². The summed E-state index contributed by atoms with van der Waals surface area (Å²) in [5, 5.41) is 6.37. The molecule has 140 valence electrons. The third-order valence-electron chi connectivity index (χ3n) is 3.76. The molecule has 0 spiro atoms. The number of guanidine groups is 1. The monoisotopic (exact) mass is 462 g/mol. The maximum Gasteiger partial charge on any atom is 0.191 e. The summed E-state index contributed by atoms with van der Waals surface area (Å²) in [6.07, 6.45) is 2.20. The molecule has 0 aliphatic carbocycles. The predicted octanol–water partition coefficient (Wildman–Crippen LogP) is 1.71. The van der Waals surface area contributed by atoms with Crippen LogP contribution >= 0.6 is 24.0 Å². The van der Waals surface area contributed by atoms with E-state index in [2.05, 4.69) is 41.3 Å². The maximum atomic E-state index is 11.4. The molecule has 0 saturated heterocycles. The van der Waals surface area contributed by atoms with Gasteiger partial charge in [-0.2, -0.15) is 0 Å². The van der Waals surface area contributed by atoms with Crippen molar-refractivity contribution in [2.45, 2.75) is 46.6 Å². The molecule has 0 fully saturated rings. The number of halogens is 1. The van der Waals surface area contributed by atoms with Crippen LogP contribution in [0.5, 0.6) is 0 Å². The van der Waals surface area contributed by atoms with Crippen LogP contribution in [0.15, 0.2) is 4.99 Å². The Morgan fingerprint density at radius 2 is 1.83 bits per heavy atom. The van der Waals surface area contributed by atoms with Crippen molar-refractivity contribution < 1.29 is 8.42 Å². The number of rotatable bonds is 11. The van der Waals surface area contributed by atoms with E-state index in [9.17, 15) is 8.42 Å². The summed E-state index contributed by atoms with van der Waals surface area (Å²) in [7, 11) is -1.23. The van der Waals surface area contributed by atoms with Crippen LogP contribution in [0.25, 0.3) is 0 Å². The van der Waals surface area contributed by atoms with Gasteiger partial charge < -0.3 is 15.5 Å². The van der Waals surface area contributed by atoms with Gasteiger partial charge in [0.2, 0.25) is 0 Å². The third-order valence-corrected chi connectivity index (χ3v) is 5.46. The van der Waals surface area contributed by atoms with Gasteiger partial charge in [0.25, 0.3) is 0 Å². The fourth-order valence-electron chi connectivity index (χ4n) is 2.13. The molecule has 23 heavy (non-hydrogen) atoms. The van der Waals surface area contributed by atoms with Crippen LogP contribution in [0.4, 0.5) is 0 Å². The van der Waals surface area contributed by atoms with E-state index in [4.69, 9.17) is 0 Å². The van der Waals surface area contributed by atoms with E-state index >= 15 is 0 Å². The molecule has 0 heterocycles. The Balaban J connectivity index is 0. The van der Waals surface area contributed by atoms with Crippen LogP contribution in [0.3, 0.4) is 0 Å². The van der Waals surface area contributed by atoms with Gasteiger partial charge in [-0.3, -0.25) is 4.99 Å². The van der Waals surface area contributed by atoms with Crippen LogP contribution in [0.2, 0.25) is 0 Å². The lowest BCUT2D eigenvalue weighted by atomic mass is 10.2. The molecule has 0 bridgehead atoms. The Morgan fingerprint density at radius 3 is 2.30 bits per heavy atom. The normalized spacial score (nSPS) is 13.6. The summed E-state index contributed by atoms with van der Waals surface area (Å²) in [6, 6.07) is 0.310. The van der Waals surface area contributed by atoms with Crippen LogP contribution in [-0.4, -0.2) is 70.1 Å². The Bertz CT molecular complexity index is 412. The van der Waals surface area contributed by atoms with Crippen LogP contribution < -0.4 is 10.6 Å². The van der Waals surface area contributed by atoms with Gasteiger partial charge in [-0.1, -0.05) is 20.8 Å². The SMILES string of the molecule is CCN(CC)CCCC(C)NC(=NC)NCCS(=O)(=O)CC.I. The molecular formula is C15H35IN4O2S. The summed E-state index contributed by atoms with van der Waals surface area (Å²) in [4.78, 5) is 6.55. The number of nitrogens with zero attached hydrogens (tertiary/aromatic N) is 2. The molecule has 0 saturated carbocycles. The number of aliphatic imine (C=N–C) groups is 1. The first-order chi connectivity index (χ1) is 10.4. The molecule has 1 unspecified atom stereocenters. The van der Waals surface area contributed by atoms with Crippen molar-refractivity contribution in [2.24, 2.45) is 4.99 Å². The van der Waals surface area contributed by atoms with Crippen molar-refractivity contribution in [1.29, 1.82) is 0 Å². The highest BCUT2D eigenvalue weighted by Gasteiger charge is 2.09. The highest BCUT2D eigenvalue weighted by Crippen LogP contribution is 1.99. The van der Waals surface area contributed by atoms with Crippen LogP contribution in [0.1, 0.15) is 40.5 Å². The topological polar surface area (TPSA) is 73.8 Å². The van der Waals surface area contributed by atoms with E-state index in [0.29, 0.717) is 18.5 Å². The predicted molar refractivity (Wildman–Crippen MR) is 111 cm³/mol. The van der Waals surface area contributed by atoms with Crippen LogP contribution in [-0.2, 0) is 9.84 Å². The average Bonchev–Trinajstić information content (AvgIpc) is 2.50. The van der Waals surface area contributed by atoms with Crippen molar-refractivity contribution in [3.8, 4) is 0 Å². The van der Waals surface area contributed by atoms with E-state index < -0.39 is 9.84 Å². The van der Waals surface area contributed by atoms with E-state index in [1.165, 1.54) is 0 Å². The molecule has 0 aromatic heterocycles. The second-order valence-corrected chi connectivity index (χ2v) is 7.92. The van der Waals surface area contributed by atoms with E-state index in [0.717, 1.165) is 32.5 Å². The van der Waals surface area contributed by atoms with Gasteiger partial charge in [-0.25, -0.2) is 8.42 Å². The Labute approximate surface area is 159 Å². The standard InChI is InChI=1S/C15H34N4O2S.HI/c1-6-19(7-2)12-9-10-14(4)18-15(16-5)17-11-13-22(20,21)8-3;/h14H,6-13H2,1-5H3,(H2,16,17,18);1H. The lowest BCUT2D eigenvalue weighted by Crippen LogP contribution is -2.44. The molecule has 2 N–H and O–H groups in total. The zero-order valence-corrected chi connectivity index (χ0v) is 18.4. The maximum absolute atomic E-state index is 11.4. The van der Waals surface area contributed by atoms with Gasteiger partial charge in [-0.05, 0) is 39.4 Å². The minimum atomic E-state index is -2.93. The Kier molecular flexibility index (Phi) is 15.6. The van der Waals surface area contributed by atoms with E-state index in [-0.39, 0.29) is 35.5 Å². The van der Waals surface area contributed by atoms with E-state index in [1.807, 2.05) is 0 Å². The first kappa shape index (κ1) is 25.2. The summed E-state index contributed by atoms with van der Waals surface area (Å²) in [5.74, 6) is 0.991. The summed E-state index contributed by atoms with van der Waals surface area (Å²) in [5.41, 5.74) is 0. The Hall–Kier alpha value is -0.0900. The minimum absolute atomic E-state index is 0. The quantitative estimate of drug-likeness (QED) is 0.278. The second kappa shape index (κ2) is 14.3. The lowest BCUT2D eigenvalue weighted by Gasteiger charge is -2.21. The lowest BCUT2D eigenvalue weighted by molar-refractivity contribution is 0.292. The van der Waals surface area contributed by atoms with Crippen molar-refractivity contribution in [3.05, 3.63) is 0 Å². The van der Waals surface area contributed by atoms with Gasteiger partial charge in [0, 0.05) is 25.4 Å². The fourth-order valence-corrected chi connectivity index (χ4v) is 2.83. The van der Waals surface area contributed by atoms with Crippen molar-refractivity contribution >= 4 is 39.8 Å². The third kappa shape index (κ3) is 12.9. The minimum Gasteiger partial charge on any atom is -0.355 e. The first-order valence-corrected chi connectivity index (χ1v) is 10.1. The first-order valence-electron chi connectivity index (χ1n) is 8.28. The van der Waals surface area contributed by atoms with Gasteiger partial charge in [-0.15, -0.1) is 24.0 Å². The van der Waals surface area contributed by atoms with Crippen molar-refractivity contribution in [1.82, 2.24) is 15.5 Å². The second-order valence-electron chi connectivity index (χ2n) is 5.45. The largest absolute Gasteiger partial charge is 0.355 e. The molecular weight excluding hydrogens is 427 g/mol. The summed E-state index contributed by atoms with van der Waals surface area (Å²) < 4.78 is 22.9. The summed E-state index contributed by atoms with van der Waals surface area (Å²) >= 11 is 0. The van der Waals surface area contributed by atoms with Gasteiger partial charge in [0.1, 0.15) is 0 Å². The van der Waals surface area contributed by atoms with Crippen LogP contribution in [0, 0.1) is 0 Å². The van der Waals surface area contributed by atoms with Gasteiger partial charge >= 0.3 is 0 Å². The molecule has 0 aromatic rings. The molecule has 8 heteroatoms. The van der Waals surface area contributed by atoms with Gasteiger partial charge in [0.15, 0.2) is 15.8 Å².